The molecule has 0 spiro atoms. The van der Waals surface area contributed by atoms with Crippen molar-refractivity contribution in [1.29, 1.82) is 0 Å². The van der Waals surface area contributed by atoms with E-state index in [1.165, 1.54) is 19.3 Å². The number of ether oxygens (including phenoxy) is 1. The van der Waals surface area contributed by atoms with E-state index in [1.807, 2.05) is 0 Å². The molecule has 0 atom stereocenters. The second-order valence-electron chi connectivity index (χ2n) is 7.99. The zero-order chi connectivity index (χ0) is 20.6. The SMILES string of the molecule is CN(C)CCCCCCO[C@H]1CC[C@H](N(C)S(=O)(=O)c2ccc(Br)cc2)CC1. The fraction of sp³-hybridized carbons (Fsp3) is 0.714. The van der Waals surface area contributed by atoms with Crippen molar-refractivity contribution in [1.82, 2.24) is 9.21 Å². The van der Waals surface area contributed by atoms with Crippen molar-refractivity contribution in [2.45, 2.75) is 68.4 Å². The maximum absolute atomic E-state index is 12.8. The molecule has 2 rings (SSSR count). The van der Waals surface area contributed by atoms with Crippen LogP contribution in [0.2, 0.25) is 0 Å². The predicted octanol–water partition coefficient (Wildman–Crippen LogP) is 4.52. The van der Waals surface area contributed by atoms with Crippen molar-refractivity contribution in [2.24, 2.45) is 0 Å². The van der Waals surface area contributed by atoms with E-state index in [9.17, 15) is 8.42 Å². The van der Waals surface area contributed by atoms with Crippen LogP contribution in [0.4, 0.5) is 0 Å². The van der Waals surface area contributed by atoms with Gasteiger partial charge in [0.15, 0.2) is 0 Å². The lowest BCUT2D eigenvalue weighted by Gasteiger charge is -2.34. The zero-order valence-corrected chi connectivity index (χ0v) is 19.8. The van der Waals surface area contributed by atoms with Crippen molar-refractivity contribution < 1.29 is 13.2 Å². The summed E-state index contributed by atoms with van der Waals surface area (Å²) in [4.78, 5) is 2.58. The molecule has 0 saturated heterocycles. The molecule has 0 aliphatic heterocycles. The van der Waals surface area contributed by atoms with Crippen LogP contribution in [0.5, 0.6) is 0 Å². The van der Waals surface area contributed by atoms with Crippen LogP contribution in [0.1, 0.15) is 51.4 Å². The monoisotopic (exact) mass is 474 g/mol. The van der Waals surface area contributed by atoms with Crippen LogP contribution in [0.3, 0.4) is 0 Å². The second kappa shape index (κ2) is 11.6. The highest BCUT2D eigenvalue weighted by Crippen LogP contribution is 2.28. The molecule has 160 valence electrons. The first-order valence-electron chi connectivity index (χ1n) is 10.3. The van der Waals surface area contributed by atoms with Gasteiger partial charge in [0.05, 0.1) is 11.0 Å². The topological polar surface area (TPSA) is 49.9 Å². The van der Waals surface area contributed by atoms with Crippen molar-refractivity contribution in [2.75, 3.05) is 34.3 Å². The summed E-state index contributed by atoms with van der Waals surface area (Å²) < 4.78 is 34.2. The molecule has 5 nitrogen and oxygen atoms in total. The number of halogens is 1. The van der Waals surface area contributed by atoms with E-state index in [4.69, 9.17) is 4.74 Å². The summed E-state index contributed by atoms with van der Waals surface area (Å²) in [7, 11) is 2.49. The minimum absolute atomic E-state index is 0.0551. The van der Waals surface area contributed by atoms with Gasteiger partial charge < -0.3 is 9.64 Å². The van der Waals surface area contributed by atoms with Crippen LogP contribution in [-0.4, -0.2) is 64.1 Å². The summed E-state index contributed by atoms with van der Waals surface area (Å²) in [5.74, 6) is 0. The van der Waals surface area contributed by atoms with E-state index >= 15 is 0 Å². The van der Waals surface area contributed by atoms with Gasteiger partial charge in [0.2, 0.25) is 10.0 Å². The van der Waals surface area contributed by atoms with Gasteiger partial charge in [-0.25, -0.2) is 8.42 Å². The average Bonchev–Trinajstić information content (AvgIpc) is 2.67. The Morgan fingerprint density at radius 1 is 0.964 bits per heavy atom. The van der Waals surface area contributed by atoms with E-state index in [1.54, 1.807) is 35.6 Å². The molecular weight excluding hydrogens is 440 g/mol. The van der Waals surface area contributed by atoms with Gasteiger partial charge in [-0.2, -0.15) is 4.31 Å². The molecule has 7 heteroatoms. The molecule has 0 aromatic heterocycles. The number of nitrogens with zero attached hydrogens (tertiary/aromatic N) is 2. The van der Waals surface area contributed by atoms with Gasteiger partial charge in [-0.15, -0.1) is 0 Å². The molecule has 0 bridgehead atoms. The van der Waals surface area contributed by atoms with Crippen LogP contribution in [0, 0.1) is 0 Å². The smallest absolute Gasteiger partial charge is 0.243 e. The molecule has 0 N–H and O–H groups in total. The van der Waals surface area contributed by atoms with E-state index in [-0.39, 0.29) is 12.1 Å². The van der Waals surface area contributed by atoms with Crippen molar-refractivity contribution in [3.05, 3.63) is 28.7 Å². The lowest BCUT2D eigenvalue weighted by molar-refractivity contribution is 0.0156. The maximum atomic E-state index is 12.8. The lowest BCUT2D eigenvalue weighted by atomic mass is 9.93. The predicted molar refractivity (Wildman–Crippen MR) is 118 cm³/mol. The van der Waals surface area contributed by atoms with Crippen LogP contribution in [0.25, 0.3) is 0 Å². The highest BCUT2D eigenvalue weighted by molar-refractivity contribution is 9.10. The largest absolute Gasteiger partial charge is 0.378 e. The van der Waals surface area contributed by atoms with Gasteiger partial charge in [0.25, 0.3) is 0 Å². The van der Waals surface area contributed by atoms with Crippen molar-refractivity contribution in [3.8, 4) is 0 Å². The van der Waals surface area contributed by atoms with Crippen LogP contribution < -0.4 is 0 Å². The van der Waals surface area contributed by atoms with Gasteiger partial charge >= 0.3 is 0 Å². The number of hydrogen-bond donors (Lipinski definition) is 0. The molecule has 1 aliphatic carbocycles. The van der Waals surface area contributed by atoms with E-state index in [2.05, 4.69) is 34.9 Å². The lowest BCUT2D eigenvalue weighted by Crippen LogP contribution is -2.40. The van der Waals surface area contributed by atoms with E-state index in [0.29, 0.717) is 4.90 Å². The van der Waals surface area contributed by atoms with Gasteiger partial charge in [-0.3, -0.25) is 0 Å². The fourth-order valence-corrected chi connectivity index (χ4v) is 5.36. The molecule has 1 saturated carbocycles. The molecule has 0 amide bonds. The molecule has 0 unspecified atom stereocenters. The van der Waals surface area contributed by atoms with Gasteiger partial charge in [-0.1, -0.05) is 28.8 Å². The molecule has 1 aliphatic rings. The minimum Gasteiger partial charge on any atom is -0.378 e. The minimum atomic E-state index is -3.44. The molecule has 1 aromatic rings. The summed E-state index contributed by atoms with van der Waals surface area (Å²) >= 11 is 3.35. The highest BCUT2D eigenvalue weighted by Gasteiger charge is 2.31. The molecule has 0 heterocycles. The van der Waals surface area contributed by atoms with Crippen molar-refractivity contribution in [3.63, 3.8) is 0 Å². The van der Waals surface area contributed by atoms with Crippen LogP contribution in [-0.2, 0) is 14.8 Å². The standard InChI is InChI=1S/C21H35BrN2O3S/c1-23(2)16-6-4-5-7-17-27-20-12-10-19(11-13-20)24(3)28(25,26)21-14-8-18(22)9-15-21/h8-9,14-15,19-20H,4-7,10-13,16-17H2,1-3H3/t19-,20-. The molecule has 28 heavy (non-hydrogen) atoms. The summed E-state index contributed by atoms with van der Waals surface area (Å²) in [6.07, 6.45) is 8.71. The quantitative estimate of drug-likeness (QED) is 0.442. The Bertz CT molecular complexity index is 671. The summed E-state index contributed by atoms with van der Waals surface area (Å²) in [6.45, 7) is 1.98. The highest BCUT2D eigenvalue weighted by atomic mass is 79.9. The first-order chi connectivity index (χ1) is 13.3. The van der Waals surface area contributed by atoms with Crippen LogP contribution >= 0.6 is 15.9 Å². The third-order valence-electron chi connectivity index (χ3n) is 5.50. The van der Waals surface area contributed by atoms with Crippen LogP contribution in [0.15, 0.2) is 33.6 Å². The molecule has 1 aromatic carbocycles. The third kappa shape index (κ3) is 7.41. The van der Waals surface area contributed by atoms with Gasteiger partial charge in [-0.05, 0) is 83.4 Å². The molecule has 1 fully saturated rings. The Hall–Kier alpha value is -0.470. The van der Waals surface area contributed by atoms with Gasteiger partial charge in [0, 0.05) is 24.2 Å². The number of benzene rings is 1. The Balaban J connectivity index is 1.69. The Morgan fingerprint density at radius 2 is 1.57 bits per heavy atom. The second-order valence-corrected chi connectivity index (χ2v) is 10.9. The number of rotatable bonds is 11. The normalized spacial score (nSPS) is 20.8. The first kappa shape index (κ1) is 23.8. The fourth-order valence-electron chi connectivity index (χ4n) is 3.68. The summed E-state index contributed by atoms with van der Waals surface area (Å²) in [6, 6.07) is 6.91. The molecule has 0 radical (unpaired) electrons. The maximum Gasteiger partial charge on any atom is 0.243 e. The molecular formula is C21H35BrN2O3S. The summed E-state index contributed by atoms with van der Waals surface area (Å²) in [5, 5.41) is 0. The zero-order valence-electron chi connectivity index (χ0n) is 17.4. The first-order valence-corrected chi connectivity index (χ1v) is 12.5. The van der Waals surface area contributed by atoms with Crippen molar-refractivity contribution >= 4 is 26.0 Å². The number of unbranched alkanes of at least 4 members (excludes halogenated alkanes) is 3. The Kier molecular flexibility index (Phi) is 9.90. The number of sulfonamides is 1. The van der Waals surface area contributed by atoms with E-state index in [0.717, 1.165) is 49.7 Å². The van der Waals surface area contributed by atoms with Gasteiger partial charge in [0.1, 0.15) is 0 Å². The third-order valence-corrected chi connectivity index (χ3v) is 7.95. The van der Waals surface area contributed by atoms with E-state index < -0.39 is 10.0 Å². The summed E-state index contributed by atoms with van der Waals surface area (Å²) in [5.41, 5.74) is 0. The Morgan fingerprint density at radius 3 is 2.18 bits per heavy atom. The number of hydrogen-bond acceptors (Lipinski definition) is 4. The average molecular weight is 475 g/mol. The Labute approximate surface area is 179 Å².